The molecule has 5 heteroatoms. The monoisotopic (exact) mass is 356 g/mol. The van der Waals surface area contributed by atoms with Gasteiger partial charge in [0.2, 0.25) is 5.91 Å². The van der Waals surface area contributed by atoms with Gasteiger partial charge in [-0.2, -0.15) is 0 Å². The molecule has 138 valence electrons. The first kappa shape index (κ1) is 19.6. The summed E-state index contributed by atoms with van der Waals surface area (Å²) in [6, 6.07) is 12.7. The second-order valence-electron chi connectivity index (χ2n) is 6.89. The minimum Gasteiger partial charge on any atom is -0.340 e. The number of halogens is 1. The van der Waals surface area contributed by atoms with Gasteiger partial charge in [-0.15, -0.1) is 0 Å². The largest absolute Gasteiger partial charge is 0.340 e. The molecule has 0 aliphatic carbocycles. The van der Waals surface area contributed by atoms with Gasteiger partial charge in [-0.25, -0.2) is 4.39 Å². The van der Waals surface area contributed by atoms with Crippen molar-refractivity contribution in [1.82, 2.24) is 10.2 Å². The lowest BCUT2D eigenvalue weighted by Crippen LogP contribution is -2.50. The normalized spacial score (nSPS) is 11.9. The predicted octanol–water partition coefficient (Wildman–Crippen LogP) is 3.55. The maximum absolute atomic E-state index is 13.0. The zero-order valence-corrected chi connectivity index (χ0v) is 15.6. The van der Waals surface area contributed by atoms with Crippen LogP contribution in [0.15, 0.2) is 48.5 Å². The molecule has 1 N–H and O–H groups in total. The van der Waals surface area contributed by atoms with Crippen molar-refractivity contribution in [3.8, 4) is 0 Å². The van der Waals surface area contributed by atoms with E-state index in [2.05, 4.69) is 5.32 Å². The van der Waals surface area contributed by atoms with Crippen LogP contribution in [-0.2, 0) is 11.3 Å². The topological polar surface area (TPSA) is 49.4 Å². The molecule has 0 unspecified atom stereocenters. The van der Waals surface area contributed by atoms with E-state index in [1.165, 1.54) is 12.1 Å². The molecule has 4 nitrogen and oxygen atoms in total. The molecule has 0 spiro atoms. The van der Waals surface area contributed by atoms with Crippen LogP contribution in [0.5, 0.6) is 0 Å². The first-order valence-corrected chi connectivity index (χ1v) is 8.65. The highest BCUT2D eigenvalue weighted by molar-refractivity contribution is 5.97. The third kappa shape index (κ3) is 5.15. The van der Waals surface area contributed by atoms with E-state index in [0.29, 0.717) is 12.1 Å². The molecular formula is C21H25FN2O2. The molecule has 1 atom stereocenters. The molecular weight excluding hydrogens is 331 g/mol. The molecule has 0 fully saturated rings. The molecule has 2 amide bonds. The van der Waals surface area contributed by atoms with Gasteiger partial charge >= 0.3 is 0 Å². The summed E-state index contributed by atoms with van der Waals surface area (Å²) >= 11 is 0. The van der Waals surface area contributed by atoms with Gasteiger partial charge in [-0.3, -0.25) is 9.59 Å². The molecule has 2 rings (SSSR count). The van der Waals surface area contributed by atoms with Crippen LogP contribution in [0.2, 0.25) is 0 Å². The van der Waals surface area contributed by atoms with Crippen molar-refractivity contribution in [3.63, 3.8) is 0 Å². The van der Waals surface area contributed by atoms with Crippen molar-refractivity contribution >= 4 is 11.8 Å². The number of nitrogens with one attached hydrogen (secondary N) is 1. The SMILES string of the molecule is Cc1cccc(C(=O)N[C@@H](C(=O)N(C)Cc2ccc(F)cc2)C(C)C)c1. The zero-order valence-electron chi connectivity index (χ0n) is 15.6. The number of benzene rings is 2. The number of carbonyl (C=O) groups is 2. The molecule has 0 aliphatic heterocycles. The maximum Gasteiger partial charge on any atom is 0.251 e. The lowest BCUT2D eigenvalue weighted by Gasteiger charge is -2.27. The van der Waals surface area contributed by atoms with Crippen molar-refractivity contribution in [2.24, 2.45) is 5.92 Å². The van der Waals surface area contributed by atoms with Crippen molar-refractivity contribution in [3.05, 3.63) is 71.0 Å². The second kappa shape index (κ2) is 8.61. The van der Waals surface area contributed by atoms with Crippen molar-refractivity contribution in [2.45, 2.75) is 33.4 Å². The molecule has 0 aromatic heterocycles. The number of amides is 2. The van der Waals surface area contributed by atoms with Gasteiger partial charge in [0.05, 0.1) is 0 Å². The van der Waals surface area contributed by atoms with E-state index in [1.54, 1.807) is 36.2 Å². The van der Waals surface area contributed by atoms with E-state index < -0.39 is 6.04 Å². The number of hydrogen-bond acceptors (Lipinski definition) is 2. The first-order valence-electron chi connectivity index (χ1n) is 8.65. The van der Waals surface area contributed by atoms with Gasteiger partial charge in [-0.05, 0) is 42.7 Å². The van der Waals surface area contributed by atoms with Crippen LogP contribution in [0.25, 0.3) is 0 Å². The smallest absolute Gasteiger partial charge is 0.251 e. The van der Waals surface area contributed by atoms with E-state index in [-0.39, 0.29) is 23.5 Å². The minimum atomic E-state index is -0.631. The Morgan fingerprint density at radius 1 is 1.12 bits per heavy atom. The number of nitrogens with zero attached hydrogens (tertiary/aromatic N) is 1. The van der Waals surface area contributed by atoms with Crippen molar-refractivity contribution in [1.29, 1.82) is 0 Å². The molecule has 0 heterocycles. The van der Waals surface area contributed by atoms with Crippen molar-refractivity contribution in [2.75, 3.05) is 7.05 Å². The molecule has 0 aliphatic rings. The van der Waals surface area contributed by atoms with Gasteiger partial charge in [0.1, 0.15) is 11.9 Å². The highest BCUT2D eigenvalue weighted by Gasteiger charge is 2.27. The van der Waals surface area contributed by atoms with Crippen LogP contribution in [0.4, 0.5) is 4.39 Å². The van der Waals surface area contributed by atoms with E-state index in [0.717, 1.165) is 11.1 Å². The summed E-state index contributed by atoms with van der Waals surface area (Å²) in [5, 5.41) is 2.85. The minimum absolute atomic E-state index is 0.0630. The summed E-state index contributed by atoms with van der Waals surface area (Å²) < 4.78 is 13.0. The predicted molar refractivity (Wildman–Crippen MR) is 100 cm³/mol. The summed E-state index contributed by atoms with van der Waals surface area (Å²) in [7, 11) is 1.68. The highest BCUT2D eigenvalue weighted by Crippen LogP contribution is 2.12. The molecule has 2 aromatic carbocycles. The third-order valence-corrected chi connectivity index (χ3v) is 4.21. The zero-order chi connectivity index (χ0) is 19.3. The van der Waals surface area contributed by atoms with Crippen LogP contribution >= 0.6 is 0 Å². The van der Waals surface area contributed by atoms with Crippen molar-refractivity contribution < 1.29 is 14.0 Å². The van der Waals surface area contributed by atoms with Gasteiger partial charge < -0.3 is 10.2 Å². The Bertz CT molecular complexity index is 772. The Labute approximate surface area is 154 Å². The van der Waals surface area contributed by atoms with Gasteiger partial charge in [0, 0.05) is 19.2 Å². The second-order valence-corrected chi connectivity index (χ2v) is 6.89. The Hall–Kier alpha value is -2.69. The van der Waals surface area contributed by atoms with Crippen LogP contribution < -0.4 is 5.32 Å². The molecule has 2 aromatic rings. The summed E-state index contributed by atoms with van der Waals surface area (Å²) in [5.41, 5.74) is 2.35. The molecule has 26 heavy (non-hydrogen) atoms. The first-order chi connectivity index (χ1) is 12.3. The molecule has 0 radical (unpaired) electrons. The van der Waals surface area contributed by atoms with Gasteiger partial charge in [-0.1, -0.05) is 43.7 Å². The Morgan fingerprint density at radius 2 is 1.77 bits per heavy atom. The Morgan fingerprint density at radius 3 is 2.35 bits per heavy atom. The van der Waals surface area contributed by atoms with E-state index in [4.69, 9.17) is 0 Å². The molecule has 0 saturated heterocycles. The quantitative estimate of drug-likeness (QED) is 0.861. The van der Waals surface area contributed by atoms with Crippen LogP contribution in [0, 0.1) is 18.7 Å². The third-order valence-electron chi connectivity index (χ3n) is 4.21. The number of carbonyl (C=O) groups excluding carboxylic acids is 2. The number of hydrogen-bond donors (Lipinski definition) is 1. The highest BCUT2D eigenvalue weighted by atomic mass is 19.1. The average molecular weight is 356 g/mol. The standard InChI is InChI=1S/C21H25FN2O2/c1-14(2)19(23-20(25)17-7-5-6-15(3)12-17)21(26)24(4)13-16-8-10-18(22)11-9-16/h5-12,14,19H,13H2,1-4H3,(H,23,25)/t19-/m1/s1. The van der Waals surface area contributed by atoms with Crippen LogP contribution in [-0.4, -0.2) is 29.8 Å². The fourth-order valence-electron chi connectivity index (χ4n) is 2.70. The van der Waals surface area contributed by atoms with E-state index >= 15 is 0 Å². The number of likely N-dealkylation sites (N-methyl/N-ethyl adjacent to an activating group) is 1. The lowest BCUT2D eigenvalue weighted by atomic mass is 10.0. The fraction of sp³-hybridized carbons (Fsp3) is 0.333. The maximum atomic E-state index is 13.0. The summed E-state index contributed by atoms with van der Waals surface area (Å²) in [4.78, 5) is 26.9. The fourth-order valence-corrected chi connectivity index (χ4v) is 2.70. The number of aryl methyl sites for hydroxylation is 1. The average Bonchev–Trinajstić information content (AvgIpc) is 2.60. The van der Waals surface area contributed by atoms with Gasteiger partial charge in [0.15, 0.2) is 0 Å². The van der Waals surface area contributed by atoms with E-state index in [9.17, 15) is 14.0 Å². The lowest BCUT2D eigenvalue weighted by molar-refractivity contribution is -0.133. The Balaban J connectivity index is 2.08. The summed E-state index contributed by atoms with van der Waals surface area (Å²) in [6.07, 6.45) is 0. The molecule has 0 saturated carbocycles. The van der Waals surface area contributed by atoms with Gasteiger partial charge in [0.25, 0.3) is 5.91 Å². The summed E-state index contributed by atoms with van der Waals surface area (Å²) in [6.45, 7) is 6.05. The Kier molecular flexibility index (Phi) is 6.50. The summed E-state index contributed by atoms with van der Waals surface area (Å²) in [5.74, 6) is -0.818. The van der Waals surface area contributed by atoms with Crippen LogP contribution in [0.1, 0.15) is 35.3 Å². The molecule has 0 bridgehead atoms. The van der Waals surface area contributed by atoms with E-state index in [1.807, 2.05) is 32.9 Å². The van der Waals surface area contributed by atoms with Crippen LogP contribution in [0.3, 0.4) is 0 Å². The number of rotatable bonds is 6.